The Balaban J connectivity index is 1.65. The second-order valence-corrected chi connectivity index (χ2v) is 5.75. The molecule has 0 saturated carbocycles. The van der Waals surface area contributed by atoms with Gasteiger partial charge in [0.05, 0.1) is 0 Å². The number of hydrogen-bond donors (Lipinski definition) is 3. The predicted molar refractivity (Wildman–Crippen MR) is 76.0 cm³/mol. The molecule has 0 bridgehead atoms. The Morgan fingerprint density at radius 3 is 2.78 bits per heavy atom. The van der Waals surface area contributed by atoms with Gasteiger partial charge in [0.1, 0.15) is 0 Å². The molecule has 1 aromatic heterocycles. The average molecular weight is 250 g/mol. The van der Waals surface area contributed by atoms with Crippen LogP contribution < -0.4 is 10.6 Å². The van der Waals surface area contributed by atoms with Crippen molar-refractivity contribution in [3.63, 3.8) is 0 Å². The van der Waals surface area contributed by atoms with Crippen molar-refractivity contribution in [3.8, 4) is 0 Å². The van der Waals surface area contributed by atoms with Gasteiger partial charge in [-0.1, -0.05) is 13.8 Å². The first-order valence-corrected chi connectivity index (χ1v) is 6.95. The molecule has 2 heterocycles. The van der Waals surface area contributed by atoms with Crippen molar-refractivity contribution >= 4 is 0 Å². The maximum atomic E-state index is 3.59. The number of rotatable bonds is 6. The Bertz CT molecular complexity index is 326. The van der Waals surface area contributed by atoms with Crippen molar-refractivity contribution < 1.29 is 0 Å². The Hall–Kier alpha value is -0.840. The van der Waals surface area contributed by atoms with Crippen LogP contribution in [0.1, 0.15) is 19.4 Å². The summed E-state index contributed by atoms with van der Waals surface area (Å²) in [5.41, 5.74) is 1.57. The third-order valence-corrected chi connectivity index (χ3v) is 3.76. The summed E-state index contributed by atoms with van der Waals surface area (Å²) in [6, 6.07) is 2.16. The summed E-state index contributed by atoms with van der Waals surface area (Å²) >= 11 is 0. The molecule has 18 heavy (non-hydrogen) atoms. The molecule has 1 aliphatic rings. The first-order valence-electron chi connectivity index (χ1n) is 6.95. The minimum Gasteiger partial charge on any atom is -0.367 e. The second-order valence-electron chi connectivity index (χ2n) is 5.75. The number of hydrogen-bond acceptors (Lipinski definition) is 3. The monoisotopic (exact) mass is 250 g/mol. The first-order chi connectivity index (χ1) is 8.68. The van der Waals surface area contributed by atoms with Crippen LogP contribution in [0.5, 0.6) is 0 Å². The largest absolute Gasteiger partial charge is 0.367 e. The lowest BCUT2D eigenvalue weighted by atomic mass is 9.86. The van der Waals surface area contributed by atoms with Crippen LogP contribution in [-0.4, -0.2) is 55.7 Å². The maximum Gasteiger partial charge on any atom is 0.0108 e. The number of aromatic nitrogens is 1. The molecule has 0 unspecified atom stereocenters. The van der Waals surface area contributed by atoms with E-state index in [1.165, 1.54) is 18.7 Å². The fourth-order valence-corrected chi connectivity index (χ4v) is 2.42. The van der Waals surface area contributed by atoms with E-state index in [9.17, 15) is 0 Å². The maximum absolute atomic E-state index is 3.59. The molecule has 3 N–H and O–H groups in total. The summed E-state index contributed by atoms with van der Waals surface area (Å²) in [4.78, 5) is 5.66. The molecule has 0 aliphatic carbocycles. The van der Waals surface area contributed by atoms with E-state index in [1.54, 1.807) is 0 Å². The van der Waals surface area contributed by atoms with Crippen LogP contribution in [0.15, 0.2) is 18.5 Å². The molecule has 0 amide bonds. The van der Waals surface area contributed by atoms with Crippen molar-refractivity contribution in [2.75, 3.05) is 45.8 Å². The lowest BCUT2D eigenvalue weighted by Crippen LogP contribution is -2.46. The Morgan fingerprint density at radius 2 is 2.11 bits per heavy atom. The molecule has 0 radical (unpaired) electrons. The Labute approximate surface area is 110 Å². The van der Waals surface area contributed by atoms with Gasteiger partial charge in [-0.3, -0.25) is 4.90 Å². The molecule has 1 aliphatic heterocycles. The van der Waals surface area contributed by atoms with E-state index in [0.29, 0.717) is 0 Å². The molecule has 0 atom stereocenters. The summed E-state index contributed by atoms with van der Waals surface area (Å²) in [5.74, 6) is 0. The molecule has 0 spiro atoms. The zero-order chi connectivity index (χ0) is 12.8. The highest BCUT2D eigenvalue weighted by molar-refractivity contribution is 5.20. The highest BCUT2D eigenvalue weighted by Crippen LogP contribution is 2.21. The summed E-state index contributed by atoms with van der Waals surface area (Å²) in [7, 11) is 0. The smallest absolute Gasteiger partial charge is 0.0108 e. The van der Waals surface area contributed by atoms with Gasteiger partial charge in [-0.25, -0.2) is 0 Å². The van der Waals surface area contributed by atoms with Crippen LogP contribution >= 0.6 is 0 Å². The molecule has 1 aromatic rings. The fourth-order valence-electron chi connectivity index (χ4n) is 2.42. The van der Waals surface area contributed by atoms with E-state index >= 15 is 0 Å². The lowest BCUT2D eigenvalue weighted by Gasteiger charge is -2.28. The van der Waals surface area contributed by atoms with Gasteiger partial charge in [-0.2, -0.15) is 0 Å². The fraction of sp³-hybridized carbons (Fsp3) is 0.714. The van der Waals surface area contributed by atoms with Gasteiger partial charge in [0.25, 0.3) is 0 Å². The van der Waals surface area contributed by atoms with Crippen molar-refractivity contribution in [3.05, 3.63) is 24.0 Å². The molecule has 4 nitrogen and oxygen atoms in total. The summed E-state index contributed by atoms with van der Waals surface area (Å²) in [6.07, 6.45) is 4.09. The highest BCUT2D eigenvalue weighted by atomic mass is 15.2. The van der Waals surface area contributed by atoms with E-state index in [0.717, 1.165) is 32.7 Å². The van der Waals surface area contributed by atoms with E-state index < -0.39 is 0 Å². The third-order valence-electron chi connectivity index (χ3n) is 3.76. The highest BCUT2D eigenvalue weighted by Gasteiger charge is 2.20. The molecule has 2 rings (SSSR count). The molecular formula is C14H26N4. The first kappa shape index (κ1) is 13.6. The van der Waals surface area contributed by atoms with E-state index in [-0.39, 0.29) is 5.41 Å². The van der Waals surface area contributed by atoms with Crippen molar-refractivity contribution in [2.24, 2.45) is 0 Å². The number of piperazine rings is 1. The zero-order valence-corrected chi connectivity index (χ0v) is 11.6. The normalized spacial score (nSPS) is 18.1. The Morgan fingerprint density at radius 1 is 1.33 bits per heavy atom. The van der Waals surface area contributed by atoms with Crippen LogP contribution in [0.2, 0.25) is 0 Å². The van der Waals surface area contributed by atoms with Gasteiger partial charge in [-0.15, -0.1) is 0 Å². The standard InChI is InChI=1S/C14H26N4/c1-14(2,13-3-4-16-11-13)12-17-7-10-18-8-5-15-6-9-18/h3-4,11,15-17H,5-10,12H2,1-2H3. The van der Waals surface area contributed by atoms with Gasteiger partial charge in [-0.05, 0) is 11.6 Å². The van der Waals surface area contributed by atoms with Crippen LogP contribution in [0.3, 0.4) is 0 Å². The van der Waals surface area contributed by atoms with Gasteiger partial charge in [0, 0.05) is 63.6 Å². The summed E-state index contributed by atoms with van der Waals surface area (Å²) in [6.45, 7) is 12.5. The number of nitrogens with zero attached hydrogens (tertiary/aromatic N) is 1. The molecule has 4 heteroatoms. The van der Waals surface area contributed by atoms with Crippen molar-refractivity contribution in [2.45, 2.75) is 19.3 Å². The van der Waals surface area contributed by atoms with Gasteiger partial charge in [0.15, 0.2) is 0 Å². The molecule has 0 aromatic carbocycles. The Kier molecular flexibility index (Phi) is 4.80. The third kappa shape index (κ3) is 3.83. The van der Waals surface area contributed by atoms with Crippen LogP contribution in [-0.2, 0) is 5.41 Å². The number of H-pyrrole nitrogens is 1. The number of aromatic amines is 1. The van der Waals surface area contributed by atoms with Crippen LogP contribution in [0.4, 0.5) is 0 Å². The minimum absolute atomic E-state index is 0.198. The zero-order valence-electron chi connectivity index (χ0n) is 11.6. The van der Waals surface area contributed by atoms with Crippen LogP contribution in [0.25, 0.3) is 0 Å². The van der Waals surface area contributed by atoms with E-state index in [1.807, 2.05) is 6.20 Å². The quantitative estimate of drug-likeness (QED) is 0.654. The van der Waals surface area contributed by atoms with Crippen molar-refractivity contribution in [1.29, 1.82) is 0 Å². The van der Waals surface area contributed by atoms with Gasteiger partial charge < -0.3 is 15.6 Å². The van der Waals surface area contributed by atoms with Crippen molar-refractivity contribution in [1.82, 2.24) is 20.5 Å². The summed E-state index contributed by atoms with van der Waals surface area (Å²) < 4.78 is 0. The van der Waals surface area contributed by atoms with Crippen LogP contribution in [0, 0.1) is 0 Å². The summed E-state index contributed by atoms with van der Waals surface area (Å²) in [5, 5.41) is 6.97. The van der Waals surface area contributed by atoms with E-state index in [4.69, 9.17) is 0 Å². The second kappa shape index (κ2) is 6.36. The molecule has 1 fully saturated rings. The molecule has 102 valence electrons. The molecule has 1 saturated heterocycles. The lowest BCUT2D eigenvalue weighted by molar-refractivity contribution is 0.239. The predicted octanol–water partition coefficient (Wildman–Crippen LogP) is 0.787. The van der Waals surface area contributed by atoms with Gasteiger partial charge >= 0.3 is 0 Å². The minimum atomic E-state index is 0.198. The topological polar surface area (TPSA) is 43.1 Å². The average Bonchev–Trinajstić information content (AvgIpc) is 2.91. The van der Waals surface area contributed by atoms with E-state index in [2.05, 4.69) is 46.6 Å². The van der Waals surface area contributed by atoms with Gasteiger partial charge in [0.2, 0.25) is 0 Å². The number of nitrogens with one attached hydrogen (secondary N) is 3. The molecular weight excluding hydrogens is 224 g/mol. The SMILES string of the molecule is CC(C)(CNCCN1CCNCC1)c1cc[nH]c1.